The Morgan fingerprint density at radius 3 is 2.76 bits per heavy atom. The van der Waals surface area contributed by atoms with Crippen LogP contribution in [0.3, 0.4) is 0 Å². The van der Waals surface area contributed by atoms with E-state index in [4.69, 9.17) is 4.42 Å². The molecule has 1 aliphatic heterocycles. The van der Waals surface area contributed by atoms with Gasteiger partial charge in [0, 0.05) is 36.5 Å². The van der Waals surface area contributed by atoms with Gasteiger partial charge in [0.05, 0.1) is 6.04 Å². The van der Waals surface area contributed by atoms with Crippen LogP contribution < -0.4 is 5.32 Å². The van der Waals surface area contributed by atoms with Gasteiger partial charge in [-0.1, -0.05) is 13.8 Å². The van der Waals surface area contributed by atoms with Crippen molar-refractivity contribution in [2.24, 2.45) is 5.92 Å². The summed E-state index contributed by atoms with van der Waals surface area (Å²) in [6, 6.07) is 2.21. The molecule has 25 heavy (non-hydrogen) atoms. The maximum atomic E-state index is 12.2. The minimum Gasteiger partial charge on any atom is -0.424 e. The summed E-state index contributed by atoms with van der Waals surface area (Å²) in [5.41, 5.74) is 0.754. The van der Waals surface area contributed by atoms with Crippen LogP contribution in [-0.4, -0.2) is 40.1 Å². The number of thiophene rings is 1. The number of amides is 1. The molecule has 7 heteroatoms. The number of carbonyl (C=O) groups is 1. The molecular weight excluding hydrogens is 336 g/mol. The van der Waals surface area contributed by atoms with Crippen LogP contribution in [0.4, 0.5) is 0 Å². The molecule has 0 radical (unpaired) electrons. The number of nitrogens with zero attached hydrogens (tertiary/aromatic N) is 3. The van der Waals surface area contributed by atoms with Crippen molar-refractivity contribution < 1.29 is 9.21 Å². The van der Waals surface area contributed by atoms with Gasteiger partial charge in [-0.25, -0.2) is 0 Å². The molecule has 1 fully saturated rings. The molecule has 2 aromatic rings. The zero-order valence-corrected chi connectivity index (χ0v) is 15.9. The van der Waals surface area contributed by atoms with Crippen LogP contribution in [0.5, 0.6) is 0 Å². The molecule has 0 spiro atoms. The fraction of sp³-hybridized carbons (Fsp3) is 0.611. The average Bonchev–Trinajstić information content (AvgIpc) is 3.26. The number of hydrogen-bond donors (Lipinski definition) is 1. The standard InChI is InChI=1S/C18H26N4O2S/c1-12(2)10-16-20-21-18(24-16)13(3)22-7-4-15(5-8-22)19-17(23)14-6-9-25-11-14/h6,9,11-13,15H,4-5,7-8,10H2,1-3H3,(H,19,23). The summed E-state index contributed by atoms with van der Waals surface area (Å²) in [6.07, 6.45) is 2.69. The lowest BCUT2D eigenvalue weighted by molar-refractivity contribution is 0.0884. The van der Waals surface area contributed by atoms with Gasteiger partial charge in [0.1, 0.15) is 0 Å². The first kappa shape index (κ1) is 18.1. The molecule has 1 unspecified atom stereocenters. The molecule has 0 bridgehead atoms. The second-order valence-corrected chi connectivity index (χ2v) is 7.88. The van der Waals surface area contributed by atoms with E-state index in [0.717, 1.165) is 43.8 Å². The highest BCUT2D eigenvalue weighted by Gasteiger charge is 2.27. The minimum atomic E-state index is 0.0305. The van der Waals surface area contributed by atoms with E-state index in [-0.39, 0.29) is 18.0 Å². The van der Waals surface area contributed by atoms with Crippen molar-refractivity contribution >= 4 is 17.2 Å². The molecule has 3 heterocycles. The van der Waals surface area contributed by atoms with E-state index in [1.165, 1.54) is 0 Å². The number of carbonyl (C=O) groups excluding carboxylic acids is 1. The van der Waals surface area contributed by atoms with Crippen molar-refractivity contribution in [3.63, 3.8) is 0 Å². The van der Waals surface area contributed by atoms with Crippen LogP contribution >= 0.6 is 11.3 Å². The van der Waals surface area contributed by atoms with E-state index in [2.05, 4.69) is 41.2 Å². The third kappa shape index (κ3) is 4.67. The molecule has 0 aliphatic carbocycles. The second kappa shape index (κ2) is 8.10. The molecule has 0 saturated carbocycles. The zero-order valence-electron chi connectivity index (χ0n) is 15.1. The normalized spacial score (nSPS) is 17.8. The van der Waals surface area contributed by atoms with Gasteiger partial charge < -0.3 is 9.73 Å². The first-order valence-electron chi connectivity index (χ1n) is 8.92. The summed E-state index contributed by atoms with van der Waals surface area (Å²) in [6.45, 7) is 8.22. The minimum absolute atomic E-state index is 0.0305. The Morgan fingerprint density at radius 2 is 2.12 bits per heavy atom. The van der Waals surface area contributed by atoms with E-state index in [9.17, 15) is 4.79 Å². The summed E-state index contributed by atoms with van der Waals surface area (Å²) in [5.74, 6) is 1.94. The van der Waals surface area contributed by atoms with Crippen molar-refractivity contribution in [2.45, 2.75) is 52.1 Å². The van der Waals surface area contributed by atoms with Crippen LogP contribution in [-0.2, 0) is 6.42 Å². The van der Waals surface area contributed by atoms with Gasteiger partial charge in [0.25, 0.3) is 5.91 Å². The average molecular weight is 362 g/mol. The number of piperidine rings is 1. The molecule has 1 amide bonds. The smallest absolute Gasteiger partial charge is 0.252 e. The Morgan fingerprint density at radius 1 is 1.36 bits per heavy atom. The van der Waals surface area contributed by atoms with Gasteiger partial charge in [-0.15, -0.1) is 10.2 Å². The first-order chi connectivity index (χ1) is 12.0. The number of hydrogen-bond acceptors (Lipinski definition) is 6. The summed E-state index contributed by atoms with van der Waals surface area (Å²) >= 11 is 1.54. The lowest BCUT2D eigenvalue weighted by atomic mass is 10.0. The Hall–Kier alpha value is -1.73. The second-order valence-electron chi connectivity index (χ2n) is 7.10. The molecule has 1 aliphatic rings. The molecule has 0 aromatic carbocycles. The molecule has 1 N–H and O–H groups in total. The predicted octanol–water partition coefficient (Wildman–Crippen LogP) is 3.29. The molecule has 2 aromatic heterocycles. The summed E-state index contributed by atoms with van der Waals surface area (Å²) in [4.78, 5) is 14.5. The molecule has 6 nitrogen and oxygen atoms in total. The maximum Gasteiger partial charge on any atom is 0.252 e. The lowest BCUT2D eigenvalue weighted by Gasteiger charge is -2.34. The van der Waals surface area contributed by atoms with Gasteiger partial charge >= 0.3 is 0 Å². The third-order valence-corrected chi connectivity index (χ3v) is 5.30. The largest absolute Gasteiger partial charge is 0.424 e. The van der Waals surface area contributed by atoms with E-state index in [1.807, 2.05) is 16.8 Å². The molecule has 136 valence electrons. The van der Waals surface area contributed by atoms with E-state index in [1.54, 1.807) is 11.3 Å². The van der Waals surface area contributed by atoms with Crippen LogP contribution in [0.15, 0.2) is 21.2 Å². The van der Waals surface area contributed by atoms with Crippen molar-refractivity contribution in [1.29, 1.82) is 0 Å². The van der Waals surface area contributed by atoms with E-state index in [0.29, 0.717) is 11.8 Å². The maximum absolute atomic E-state index is 12.2. The summed E-state index contributed by atoms with van der Waals surface area (Å²) < 4.78 is 5.82. The van der Waals surface area contributed by atoms with Gasteiger partial charge in [0.2, 0.25) is 11.8 Å². The Kier molecular flexibility index (Phi) is 5.86. The highest BCUT2D eigenvalue weighted by atomic mass is 32.1. The Balaban J connectivity index is 1.49. The van der Waals surface area contributed by atoms with Crippen LogP contribution in [0.1, 0.15) is 61.8 Å². The highest BCUT2D eigenvalue weighted by molar-refractivity contribution is 7.08. The fourth-order valence-electron chi connectivity index (χ4n) is 3.12. The van der Waals surface area contributed by atoms with Crippen molar-refractivity contribution in [2.75, 3.05) is 13.1 Å². The molecule has 1 atom stereocenters. The number of likely N-dealkylation sites (tertiary alicyclic amines) is 1. The van der Waals surface area contributed by atoms with E-state index >= 15 is 0 Å². The first-order valence-corrected chi connectivity index (χ1v) is 9.86. The lowest BCUT2D eigenvalue weighted by Crippen LogP contribution is -2.45. The van der Waals surface area contributed by atoms with Crippen LogP contribution in [0.2, 0.25) is 0 Å². The zero-order chi connectivity index (χ0) is 17.8. The van der Waals surface area contributed by atoms with Crippen molar-refractivity contribution in [3.05, 3.63) is 34.2 Å². The van der Waals surface area contributed by atoms with Gasteiger partial charge in [-0.05, 0) is 37.1 Å². The molecular formula is C18H26N4O2S. The number of rotatable bonds is 6. The fourth-order valence-corrected chi connectivity index (χ4v) is 3.75. The third-order valence-electron chi connectivity index (χ3n) is 4.62. The molecule has 3 rings (SSSR count). The topological polar surface area (TPSA) is 71.3 Å². The quantitative estimate of drug-likeness (QED) is 0.854. The summed E-state index contributed by atoms with van der Waals surface area (Å²) in [5, 5.41) is 15.3. The van der Waals surface area contributed by atoms with Crippen molar-refractivity contribution in [1.82, 2.24) is 20.4 Å². The predicted molar refractivity (Wildman–Crippen MR) is 97.6 cm³/mol. The number of nitrogens with one attached hydrogen (secondary N) is 1. The highest BCUT2D eigenvalue weighted by Crippen LogP contribution is 2.24. The SMILES string of the molecule is CC(C)Cc1nnc(C(C)N2CCC(NC(=O)c3ccsc3)CC2)o1. The summed E-state index contributed by atoms with van der Waals surface area (Å²) in [7, 11) is 0. The van der Waals surface area contributed by atoms with E-state index < -0.39 is 0 Å². The van der Waals surface area contributed by atoms with Gasteiger partial charge in [0.15, 0.2) is 0 Å². The van der Waals surface area contributed by atoms with Gasteiger partial charge in [-0.2, -0.15) is 11.3 Å². The van der Waals surface area contributed by atoms with Crippen LogP contribution in [0, 0.1) is 5.92 Å². The Bertz CT molecular complexity index is 675. The Labute approximate surface area is 152 Å². The molecule has 1 saturated heterocycles. The van der Waals surface area contributed by atoms with Gasteiger partial charge in [-0.3, -0.25) is 9.69 Å². The van der Waals surface area contributed by atoms with Crippen molar-refractivity contribution in [3.8, 4) is 0 Å². The number of aromatic nitrogens is 2. The monoisotopic (exact) mass is 362 g/mol. The van der Waals surface area contributed by atoms with Crippen LogP contribution in [0.25, 0.3) is 0 Å².